The van der Waals surface area contributed by atoms with Gasteiger partial charge in [-0.25, -0.2) is 8.42 Å². The molecule has 0 heterocycles. The van der Waals surface area contributed by atoms with E-state index >= 15 is 0 Å². The lowest BCUT2D eigenvalue weighted by molar-refractivity contribution is 0.102. The van der Waals surface area contributed by atoms with Gasteiger partial charge in [0.25, 0.3) is 5.91 Å². The highest BCUT2D eigenvalue weighted by molar-refractivity contribution is 7.90. The van der Waals surface area contributed by atoms with E-state index in [1.165, 1.54) is 18.2 Å². The summed E-state index contributed by atoms with van der Waals surface area (Å²) in [6.45, 7) is 0. The Bertz CT molecular complexity index is 1210. The highest BCUT2D eigenvalue weighted by Gasteiger charge is 2.15. The van der Waals surface area contributed by atoms with Gasteiger partial charge in [0.05, 0.1) is 15.5 Å². The van der Waals surface area contributed by atoms with E-state index in [4.69, 9.17) is 11.6 Å². The number of nitrogens with one attached hydrogen (secondary N) is 1. The molecule has 0 radical (unpaired) electrons. The Morgan fingerprint density at radius 1 is 0.966 bits per heavy atom. The second-order valence-electron chi connectivity index (χ2n) is 6.43. The van der Waals surface area contributed by atoms with Crippen molar-refractivity contribution in [1.29, 1.82) is 0 Å². The third kappa shape index (κ3) is 5.12. The van der Waals surface area contributed by atoms with Gasteiger partial charge in [0.1, 0.15) is 0 Å². The molecule has 0 aliphatic rings. The fourth-order valence-corrected chi connectivity index (χ4v) is 4.22. The van der Waals surface area contributed by atoms with Crippen LogP contribution in [0, 0.1) is 0 Å². The molecule has 1 N–H and O–H groups in total. The van der Waals surface area contributed by atoms with Crippen LogP contribution in [0.4, 0.5) is 5.69 Å². The first kappa shape index (κ1) is 21.2. The summed E-state index contributed by atoms with van der Waals surface area (Å²) < 4.78 is 34.7. The van der Waals surface area contributed by atoms with Gasteiger partial charge in [0, 0.05) is 33.9 Å². The standard InChI is InChI=1S/C21H18ClNO4S2/c1-28(25)17-8-6-14(7-9-17)15-4-3-5-16(12-15)23-21(24)19-11-10-18(13-20(19)22)29(2,26)27/h3-13H,1-2H3,(H,23,24). The lowest BCUT2D eigenvalue weighted by Gasteiger charge is -2.10. The molecule has 3 aromatic rings. The van der Waals surface area contributed by atoms with Crippen molar-refractivity contribution in [3.8, 4) is 11.1 Å². The minimum Gasteiger partial charge on any atom is -0.322 e. The van der Waals surface area contributed by atoms with E-state index in [2.05, 4.69) is 5.32 Å². The summed E-state index contributed by atoms with van der Waals surface area (Å²) >= 11 is 6.11. The minimum atomic E-state index is -3.41. The number of carbonyl (C=O) groups is 1. The molecule has 0 aliphatic heterocycles. The third-order valence-corrected chi connectivity index (χ3v) is 6.61. The Labute approximate surface area is 177 Å². The Hall–Kier alpha value is -2.48. The Kier molecular flexibility index (Phi) is 6.21. The molecule has 150 valence electrons. The number of carbonyl (C=O) groups excluding carboxylic acids is 1. The summed E-state index contributed by atoms with van der Waals surface area (Å²) in [5.41, 5.74) is 2.55. The van der Waals surface area contributed by atoms with Gasteiger partial charge in [-0.3, -0.25) is 9.00 Å². The molecule has 29 heavy (non-hydrogen) atoms. The van der Waals surface area contributed by atoms with Gasteiger partial charge in [-0.05, 0) is 53.6 Å². The number of hydrogen-bond donors (Lipinski definition) is 1. The zero-order chi connectivity index (χ0) is 21.2. The molecule has 0 bridgehead atoms. The summed E-state index contributed by atoms with van der Waals surface area (Å²) in [7, 11) is -4.45. The highest BCUT2D eigenvalue weighted by atomic mass is 35.5. The van der Waals surface area contributed by atoms with E-state index < -0.39 is 26.5 Å². The number of amides is 1. The molecule has 3 rings (SSSR count). The highest BCUT2D eigenvalue weighted by Crippen LogP contribution is 2.25. The van der Waals surface area contributed by atoms with Crippen molar-refractivity contribution in [3.05, 3.63) is 77.3 Å². The summed E-state index contributed by atoms with van der Waals surface area (Å²) in [5, 5.41) is 2.84. The van der Waals surface area contributed by atoms with Gasteiger partial charge in [-0.2, -0.15) is 0 Å². The van der Waals surface area contributed by atoms with Crippen LogP contribution in [0.1, 0.15) is 10.4 Å². The summed E-state index contributed by atoms with van der Waals surface area (Å²) in [5.74, 6) is -0.441. The predicted molar refractivity (Wildman–Crippen MR) is 117 cm³/mol. The van der Waals surface area contributed by atoms with Gasteiger partial charge >= 0.3 is 0 Å². The monoisotopic (exact) mass is 447 g/mol. The summed E-state index contributed by atoms with van der Waals surface area (Å²) in [4.78, 5) is 13.4. The molecule has 0 saturated heterocycles. The van der Waals surface area contributed by atoms with Crippen LogP contribution in [0.15, 0.2) is 76.5 Å². The Morgan fingerprint density at radius 2 is 1.66 bits per heavy atom. The van der Waals surface area contributed by atoms with Gasteiger partial charge in [-0.15, -0.1) is 0 Å². The molecule has 5 nitrogen and oxygen atoms in total. The van der Waals surface area contributed by atoms with Crippen LogP contribution in [0.2, 0.25) is 5.02 Å². The molecule has 1 amide bonds. The van der Waals surface area contributed by atoms with Crippen LogP contribution in [0.3, 0.4) is 0 Å². The van der Waals surface area contributed by atoms with E-state index in [0.29, 0.717) is 5.69 Å². The number of anilines is 1. The minimum absolute atomic E-state index is 0.0532. The van der Waals surface area contributed by atoms with E-state index in [9.17, 15) is 17.4 Å². The zero-order valence-electron chi connectivity index (χ0n) is 15.7. The van der Waals surface area contributed by atoms with Gasteiger partial charge in [0.15, 0.2) is 9.84 Å². The second kappa shape index (κ2) is 8.49. The summed E-state index contributed by atoms with van der Waals surface area (Å²) in [6, 6.07) is 18.6. The Morgan fingerprint density at radius 3 is 2.24 bits per heavy atom. The average molecular weight is 448 g/mol. The topological polar surface area (TPSA) is 80.3 Å². The smallest absolute Gasteiger partial charge is 0.257 e. The van der Waals surface area contributed by atoms with Gasteiger partial charge in [-0.1, -0.05) is 35.9 Å². The summed E-state index contributed by atoms with van der Waals surface area (Å²) in [6.07, 6.45) is 2.70. The second-order valence-corrected chi connectivity index (χ2v) is 10.2. The van der Waals surface area contributed by atoms with Crippen molar-refractivity contribution in [3.63, 3.8) is 0 Å². The Balaban J connectivity index is 1.83. The van der Waals surface area contributed by atoms with Crippen molar-refractivity contribution < 1.29 is 17.4 Å². The number of benzene rings is 3. The number of halogens is 1. The molecule has 0 saturated carbocycles. The fraction of sp³-hybridized carbons (Fsp3) is 0.0952. The molecule has 8 heteroatoms. The fourth-order valence-electron chi connectivity index (χ4n) is 2.72. The average Bonchev–Trinajstić information content (AvgIpc) is 2.67. The molecular weight excluding hydrogens is 430 g/mol. The lowest BCUT2D eigenvalue weighted by Crippen LogP contribution is -2.13. The van der Waals surface area contributed by atoms with Crippen LogP contribution < -0.4 is 5.32 Å². The molecule has 0 aromatic heterocycles. The number of hydrogen-bond acceptors (Lipinski definition) is 4. The molecule has 1 atom stereocenters. The van der Waals surface area contributed by atoms with Crippen LogP contribution >= 0.6 is 11.6 Å². The van der Waals surface area contributed by atoms with Crippen molar-refractivity contribution in [2.24, 2.45) is 0 Å². The maximum Gasteiger partial charge on any atom is 0.257 e. The van der Waals surface area contributed by atoms with Crippen molar-refractivity contribution in [2.45, 2.75) is 9.79 Å². The largest absolute Gasteiger partial charge is 0.322 e. The first-order valence-electron chi connectivity index (χ1n) is 8.50. The molecular formula is C21H18ClNO4S2. The SMILES string of the molecule is CS(=O)c1ccc(-c2cccc(NC(=O)c3ccc(S(C)(=O)=O)cc3Cl)c2)cc1. The van der Waals surface area contributed by atoms with Crippen molar-refractivity contribution in [1.82, 2.24) is 0 Å². The molecule has 0 fully saturated rings. The first-order chi connectivity index (χ1) is 13.6. The van der Waals surface area contributed by atoms with Crippen LogP contribution in [0.5, 0.6) is 0 Å². The molecule has 0 aliphatic carbocycles. The predicted octanol–water partition coefficient (Wildman–Crippen LogP) is 4.40. The van der Waals surface area contributed by atoms with Crippen LogP contribution in [-0.4, -0.2) is 31.0 Å². The normalized spacial score (nSPS) is 12.4. The van der Waals surface area contributed by atoms with Crippen LogP contribution in [0.25, 0.3) is 11.1 Å². The van der Waals surface area contributed by atoms with Gasteiger partial charge < -0.3 is 5.32 Å². The third-order valence-electron chi connectivity index (χ3n) is 4.25. The van der Waals surface area contributed by atoms with E-state index in [0.717, 1.165) is 22.3 Å². The lowest BCUT2D eigenvalue weighted by atomic mass is 10.1. The van der Waals surface area contributed by atoms with Gasteiger partial charge in [0.2, 0.25) is 0 Å². The maximum absolute atomic E-state index is 12.6. The van der Waals surface area contributed by atoms with Crippen molar-refractivity contribution in [2.75, 3.05) is 17.8 Å². The van der Waals surface area contributed by atoms with E-state index in [1.54, 1.807) is 24.5 Å². The molecule has 3 aromatic carbocycles. The number of rotatable bonds is 5. The molecule has 0 spiro atoms. The first-order valence-corrected chi connectivity index (χ1v) is 12.3. The zero-order valence-corrected chi connectivity index (χ0v) is 18.1. The van der Waals surface area contributed by atoms with Crippen LogP contribution in [-0.2, 0) is 20.6 Å². The van der Waals surface area contributed by atoms with E-state index in [-0.39, 0.29) is 15.5 Å². The van der Waals surface area contributed by atoms with E-state index in [1.807, 2.05) is 30.3 Å². The maximum atomic E-state index is 12.6. The van der Waals surface area contributed by atoms with Crippen molar-refractivity contribution >= 4 is 43.8 Å². The quantitative estimate of drug-likeness (QED) is 0.628. The molecule has 1 unspecified atom stereocenters. The number of sulfone groups is 1.